The summed E-state index contributed by atoms with van der Waals surface area (Å²) in [5.74, 6) is 0.684. The molecule has 0 saturated heterocycles. The molecular weight excluding hydrogens is 692 g/mol. The zero-order chi connectivity index (χ0) is 30.3. The molecule has 0 saturated carbocycles. The number of H-pyrrole nitrogens is 2. The molecule has 10 heteroatoms. The quantitative estimate of drug-likeness (QED) is 0.173. The fraction of sp³-hybridized carbons (Fsp3) is 0.0303. The summed E-state index contributed by atoms with van der Waals surface area (Å²) < 4.78 is 7.24. The minimum absolute atomic E-state index is 0.536. The molecule has 0 aliphatic rings. The van der Waals surface area contributed by atoms with Gasteiger partial charge in [-0.25, -0.2) is 0 Å². The van der Waals surface area contributed by atoms with Crippen LogP contribution < -0.4 is 4.74 Å². The fourth-order valence-electron chi connectivity index (χ4n) is 4.47. The summed E-state index contributed by atoms with van der Waals surface area (Å²) in [5, 5.41) is 21.6. The molecule has 0 atom stereocenters. The van der Waals surface area contributed by atoms with Crippen molar-refractivity contribution in [1.82, 2.24) is 19.9 Å². The molecule has 4 heterocycles. The van der Waals surface area contributed by atoms with Gasteiger partial charge in [-0.2, -0.15) is 10.5 Å². The SMILES string of the molecule is COc1ccncc1/C=C(\C#N)c1c[nH]c2ccc(Br)cc12.N#C/C(=C\c1cnccc1Cl)c1c[nH]c2ccc(Br)cc12. The highest BCUT2D eigenvalue weighted by Crippen LogP contribution is 2.31. The zero-order valence-electron chi connectivity index (χ0n) is 22.6. The Morgan fingerprint density at radius 3 is 1.81 bits per heavy atom. The molecule has 0 spiro atoms. The number of pyridine rings is 2. The molecule has 7 nitrogen and oxygen atoms in total. The van der Waals surface area contributed by atoms with Gasteiger partial charge in [0.1, 0.15) is 5.75 Å². The molecule has 0 fully saturated rings. The lowest BCUT2D eigenvalue weighted by molar-refractivity contribution is 0.413. The summed E-state index contributed by atoms with van der Waals surface area (Å²) in [4.78, 5) is 14.5. The average molecular weight is 713 g/mol. The molecular formula is C33H21Br2ClN6O. The van der Waals surface area contributed by atoms with E-state index in [1.165, 1.54) is 0 Å². The second kappa shape index (κ2) is 13.5. The molecule has 0 radical (unpaired) electrons. The number of allylic oxidation sites excluding steroid dienone is 2. The Morgan fingerprint density at radius 2 is 1.30 bits per heavy atom. The van der Waals surface area contributed by atoms with Crippen LogP contribution in [0.2, 0.25) is 5.02 Å². The van der Waals surface area contributed by atoms with Gasteiger partial charge in [0.05, 0.1) is 35.4 Å². The first-order valence-corrected chi connectivity index (χ1v) is 14.7. The standard InChI is InChI=1S/C17H12BrN3O.C16H9BrClN3/c1-22-17-4-5-20-9-12(17)6-11(8-19)15-10-21-16-3-2-13(18)7-14(15)16;17-12-1-2-16-13(6-12)14(9-21-16)10(7-19)5-11-8-20-4-3-15(11)18/h2-7,9-10,21H,1H3;1-6,8-9,21H/b11-6+;10-5+. The van der Waals surface area contributed by atoms with Crippen LogP contribution in [-0.2, 0) is 0 Å². The number of hydrogen-bond donors (Lipinski definition) is 2. The van der Waals surface area contributed by atoms with Crippen LogP contribution in [0.1, 0.15) is 22.3 Å². The van der Waals surface area contributed by atoms with Gasteiger partial charge in [-0.15, -0.1) is 0 Å². The Labute approximate surface area is 269 Å². The van der Waals surface area contributed by atoms with E-state index in [4.69, 9.17) is 16.3 Å². The molecule has 0 unspecified atom stereocenters. The van der Waals surface area contributed by atoms with Crippen molar-refractivity contribution in [3.05, 3.63) is 122 Å². The lowest BCUT2D eigenvalue weighted by atomic mass is 10.0. The van der Waals surface area contributed by atoms with Crippen LogP contribution in [0.25, 0.3) is 45.1 Å². The summed E-state index contributed by atoms with van der Waals surface area (Å²) in [6.45, 7) is 0. The molecule has 6 rings (SSSR count). The van der Waals surface area contributed by atoms with E-state index in [-0.39, 0.29) is 0 Å². The van der Waals surface area contributed by atoms with Gasteiger partial charge in [0, 0.05) is 90.2 Å². The Bertz CT molecular complexity index is 2100. The monoisotopic (exact) mass is 710 g/mol. The maximum atomic E-state index is 9.55. The van der Waals surface area contributed by atoms with Gasteiger partial charge in [0.2, 0.25) is 0 Å². The molecule has 4 aromatic heterocycles. The molecule has 0 aliphatic heterocycles. The molecule has 0 amide bonds. The smallest absolute Gasteiger partial charge is 0.129 e. The third kappa shape index (κ3) is 6.71. The summed E-state index contributed by atoms with van der Waals surface area (Å²) in [7, 11) is 1.60. The highest BCUT2D eigenvalue weighted by Gasteiger charge is 2.12. The van der Waals surface area contributed by atoms with Gasteiger partial charge in [-0.3, -0.25) is 9.97 Å². The Balaban J connectivity index is 0.000000171. The highest BCUT2D eigenvalue weighted by molar-refractivity contribution is 9.10. The number of nitrogens with zero attached hydrogens (tertiary/aromatic N) is 4. The number of fused-ring (bicyclic) bond motifs is 2. The van der Waals surface area contributed by atoms with Crippen molar-refractivity contribution in [2.24, 2.45) is 0 Å². The predicted octanol–water partition coefficient (Wildman–Crippen LogP) is 9.44. The first-order valence-electron chi connectivity index (χ1n) is 12.8. The molecule has 6 aromatic rings. The Kier molecular flexibility index (Phi) is 9.38. The Hall–Kier alpha value is -4.67. The maximum Gasteiger partial charge on any atom is 0.129 e. The second-order valence-corrected chi connectivity index (χ2v) is 11.4. The number of hydrogen-bond acceptors (Lipinski definition) is 5. The molecule has 210 valence electrons. The molecule has 43 heavy (non-hydrogen) atoms. The Morgan fingerprint density at radius 1 is 0.791 bits per heavy atom. The number of ether oxygens (including phenoxy) is 1. The summed E-state index contributed by atoms with van der Waals surface area (Å²) in [5.41, 5.74) is 6.23. The number of aromatic amines is 2. The fourth-order valence-corrected chi connectivity index (χ4v) is 5.35. The topological polar surface area (TPSA) is 114 Å². The van der Waals surface area contributed by atoms with Gasteiger partial charge in [0.25, 0.3) is 0 Å². The van der Waals surface area contributed by atoms with Crippen LogP contribution in [0.4, 0.5) is 0 Å². The number of halogens is 3. The van der Waals surface area contributed by atoms with Crippen molar-refractivity contribution in [1.29, 1.82) is 10.5 Å². The van der Waals surface area contributed by atoms with Crippen LogP contribution >= 0.6 is 43.5 Å². The van der Waals surface area contributed by atoms with Gasteiger partial charge < -0.3 is 14.7 Å². The zero-order valence-corrected chi connectivity index (χ0v) is 26.5. The van der Waals surface area contributed by atoms with Crippen LogP contribution in [0.3, 0.4) is 0 Å². The van der Waals surface area contributed by atoms with Gasteiger partial charge >= 0.3 is 0 Å². The number of benzene rings is 2. The van der Waals surface area contributed by atoms with Crippen molar-refractivity contribution in [3.8, 4) is 17.9 Å². The van der Waals surface area contributed by atoms with Crippen molar-refractivity contribution >= 4 is 88.6 Å². The number of methoxy groups -OCH3 is 1. The summed E-state index contributed by atoms with van der Waals surface area (Å²) in [6.07, 6.45) is 13.8. The predicted molar refractivity (Wildman–Crippen MR) is 179 cm³/mol. The molecule has 0 bridgehead atoms. The first kappa shape index (κ1) is 29.8. The normalized spacial score (nSPS) is 11.5. The number of rotatable bonds is 5. The number of nitriles is 2. The maximum absolute atomic E-state index is 9.55. The van der Waals surface area contributed by atoms with E-state index in [1.807, 2.05) is 48.8 Å². The average Bonchev–Trinajstić information content (AvgIpc) is 3.63. The molecule has 2 aromatic carbocycles. The van der Waals surface area contributed by atoms with E-state index in [9.17, 15) is 10.5 Å². The van der Waals surface area contributed by atoms with E-state index >= 15 is 0 Å². The molecule has 2 N–H and O–H groups in total. The van der Waals surface area contributed by atoms with Crippen molar-refractivity contribution in [3.63, 3.8) is 0 Å². The lowest BCUT2D eigenvalue weighted by Crippen LogP contribution is -1.89. The summed E-state index contributed by atoms with van der Waals surface area (Å²) in [6, 6.07) is 19.8. The van der Waals surface area contributed by atoms with Gasteiger partial charge in [-0.05, 0) is 60.7 Å². The summed E-state index contributed by atoms with van der Waals surface area (Å²) >= 11 is 13.0. The van der Waals surface area contributed by atoms with Crippen LogP contribution in [-0.4, -0.2) is 27.0 Å². The van der Waals surface area contributed by atoms with E-state index in [2.05, 4.69) is 63.9 Å². The van der Waals surface area contributed by atoms with E-state index in [0.29, 0.717) is 21.9 Å². The van der Waals surface area contributed by atoms with Crippen LogP contribution in [0.5, 0.6) is 5.75 Å². The minimum Gasteiger partial charge on any atom is -0.496 e. The largest absolute Gasteiger partial charge is 0.496 e. The first-order chi connectivity index (χ1) is 20.9. The van der Waals surface area contributed by atoms with Crippen molar-refractivity contribution < 1.29 is 4.74 Å². The van der Waals surface area contributed by atoms with Crippen LogP contribution in [0, 0.1) is 22.7 Å². The highest BCUT2D eigenvalue weighted by atomic mass is 79.9. The third-order valence-electron chi connectivity index (χ3n) is 6.53. The van der Waals surface area contributed by atoms with E-state index < -0.39 is 0 Å². The number of aromatic nitrogens is 4. The molecule has 0 aliphatic carbocycles. The number of nitrogens with one attached hydrogen (secondary N) is 2. The van der Waals surface area contributed by atoms with E-state index in [0.717, 1.165) is 53.0 Å². The van der Waals surface area contributed by atoms with Crippen LogP contribution in [0.15, 0.2) is 94.7 Å². The van der Waals surface area contributed by atoms with Gasteiger partial charge in [0.15, 0.2) is 0 Å². The third-order valence-corrected chi connectivity index (χ3v) is 7.87. The van der Waals surface area contributed by atoms with E-state index in [1.54, 1.807) is 56.2 Å². The van der Waals surface area contributed by atoms with Crippen molar-refractivity contribution in [2.45, 2.75) is 0 Å². The lowest BCUT2D eigenvalue weighted by Gasteiger charge is -2.04. The van der Waals surface area contributed by atoms with Crippen molar-refractivity contribution in [2.75, 3.05) is 7.11 Å². The van der Waals surface area contributed by atoms with Gasteiger partial charge in [-0.1, -0.05) is 43.5 Å². The second-order valence-electron chi connectivity index (χ2n) is 9.14. The minimum atomic E-state index is 0.536.